The largest absolute Gasteiger partial charge is 0.443 e. The molecule has 1 amide bonds. The number of hydrogen-bond donors (Lipinski definition) is 2. The molecule has 1 aliphatic heterocycles. The lowest BCUT2D eigenvalue weighted by Crippen LogP contribution is -2.25. The fourth-order valence-corrected chi connectivity index (χ4v) is 3.07. The number of oxazole rings is 1. The zero-order chi connectivity index (χ0) is 17.2. The fourth-order valence-electron chi connectivity index (χ4n) is 2.80. The van der Waals surface area contributed by atoms with Crippen molar-refractivity contribution in [2.75, 3.05) is 11.9 Å². The Labute approximate surface area is 149 Å². The lowest BCUT2D eigenvalue weighted by molar-refractivity contribution is 0.102. The molecule has 0 saturated carbocycles. The second-order valence-corrected chi connectivity index (χ2v) is 6.15. The summed E-state index contributed by atoms with van der Waals surface area (Å²) in [5.74, 6) is 0.317. The topological polar surface area (TPSA) is 80.1 Å². The molecule has 4 rings (SSSR count). The van der Waals surface area contributed by atoms with Crippen LogP contribution in [0.2, 0.25) is 5.02 Å². The Bertz CT molecular complexity index is 925. The molecule has 0 radical (unpaired) electrons. The molecule has 3 heterocycles. The maximum atomic E-state index is 12.5. The molecule has 2 N–H and O–H groups in total. The first-order valence-electron chi connectivity index (χ1n) is 7.90. The molecule has 2 aromatic heterocycles. The predicted molar refractivity (Wildman–Crippen MR) is 94.5 cm³/mol. The lowest BCUT2D eigenvalue weighted by Gasteiger charge is -2.16. The monoisotopic (exact) mass is 354 g/mol. The summed E-state index contributed by atoms with van der Waals surface area (Å²) in [5, 5.41) is 6.59. The van der Waals surface area contributed by atoms with E-state index in [1.807, 2.05) is 6.07 Å². The number of benzene rings is 1. The van der Waals surface area contributed by atoms with Crippen LogP contribution in [0.25, 0.3) is 11.3 Å². The van der Waals surface area contributed by atoms with E-state index in [-0.39, 0.29) is 5.91 Å². The third-order valence-corrected chi connectivity index (χ3v) is 4.39. The number of aromatic nitrogens is 2. The van der Waals surface area contributed by atoms with E-state index in [2.05, 4.69) is 20.6 Å². The average Bonchev–Trinajstić information content (AvgIpc) is 3.15. The van der Waals surface area contributed by atoms with E-state index in [1.54, 1.807) is 30.5 Å². The maximum Gasteiger partial charge on any atom is 0.274 e. The number of nitrogens with one attached hydrogen (secondary N) is 2. The van der Waals surface area contributed by atoms with Gasteiger partial charge in [-0.2, -0.15) is 0 Å². The van der Waals surface area contributed by atoms with E-state index in [1.165, 1.54) is 6.39 Å². The van der Waals surface area contributed by atoms with E-state index in [0.717, 1.165) is 36.3 Å². The minimum Gasteiger partial charge on any atom is -0.443 e. The number of nitrogens with zero attached hydrogens (tertiary/aromatic N) is 2. The first-order chi connectivity index (χ1) is 12.2. The Morgan fingerprint density at radius 1 is 1.28 bits per heavy atom. The van der Waals surface area contributed by atoms with Crippen molar-refractivity contribution in [3.63, 3.8) is 0 Å². The lowest BCUT2D eigenvalue weighted by atomic mass is 10.1. The van der Waals surface area contributed by atoms with Crippen LogP contribution in [0.1, 0.15) is 21.7 Å². The van der Waals surface area contributed by atoms with E-state index >= 15 is 0 Å². The van der Waals surface area contributed by atoms with Gasteiger partial charge in [0.15, 0.2) is 12.2 Å². The number of hydrogen-bond acceptors (Lipinski definition) is 5. The summed E-state index contributed by atoms with van der Waals surface area (Å²) in [6, 6.07) is 8.92. The van der Waals surface area contributed by atoms with Crippen LogP contribution in [-0.2, 0) is 13.0 Å². The van der Waals surface area contributed by atoms with Crippen molar-refractivity contribution in [3.8, 4) is 11.3 Å². The van der Waals surface area contributed by atoms with Crippen LogP contribution >= 0.6 is 11.6 Å². The van der Waals surface area contributed by atoms with Gasteiger partial charge < -0.3 is 15.1 Å². The molecule has 25 heavy (non-hydrogen) atoms. The Balaban J connectivity index is 1.54. The number of anilines is 1. The second kappa shape index (κ2) is 6.66. The molecular weight excluding hydrogens is 340 g/mol. The molecule has 0 fully saturated rings. The van der Waals surface area contributed by atoms with Crippen LogP contribution in [0.5, 0.6) is 0 Å². The van der Waals surface area contributed by atoms with Crippen molar-refractivity contribution < 1.29 is 9.21 Å². The van der Waals surface area contributed by atoms with Gasteiger partial charge in [0, 0.05) is 36.5 Å². The summed E-state index contributed by atoms with van der Waals surface area (Å²) in [6.07, 6.45) is 3.76. The summed E-state index contributed by atoms with van der Waals surface area (Å²) in [5.41, 5.74) is 3.83. The molecule has 3 aromatic rings. The highest BCUT2D eigenvalue weighted by molar-refractivity contribution is 6.33. The second-order valence-electron chi connectivity index (χ2n) is 5.74. The highest BCUT2D eigenvalue weighted by Crippen LogP contribution is 2.30. The molecule has 0 saturated heterocycles. The molecule has 7 heteroatoms. The number of fused-ring (bicyclic) bond motifs is 1. The van der Waals surface area contributed by atoms with Gasteiger partial charge in [-0.1, -0.05) is 17.7 Å². The fraction of sp³-hybridized carbons (Fsp3) is 0.167. The van der Waals surface area contributed by atoms with Crippen molar-refractivity contribution in [3.05, 3.63) is 64.9 Å². The molecule has 1 aliphatic rings. The Kier molecular flexibility index (Phi) is 4.21. The summed E-state index contributed by atoms with van der Waals surface area (Å²) < 4.78 is 5.25. The van der Waals surface area contributed by atoms with Crippen molar-refractivity contribution in [1.29, 1.82) is 0 Å². The minimum atomic E-state index is -0.259. The summed E-state index contributed by atoms with van der Waals surface area (Å²) in [4.78, 5) is 20.8. The van der Waals surface area contributed by atoms with E-state index in [9.17, 15) is 4.79 Å². The van der Waals surface area contributed by atoms with Crippen LogP contribution in [-0.4, -0.2) is 22.4 Å². The quantitative estimate of drug-likeness (QED) is 0.754. The van der Waals surface area contributed by atoms with Crippen LogP contribution in [0.15, 0.2) is 47.3 Å². The maximum absolute atomic E-state index is 12.5. The van der Waals surface area contributed by atoms with Gasteiger partial charge >= 0.3 is 0 Å². The molecule has 6 nitrogen and oxygen atoms in total. The van der Waals surface area contributed by atoms with Gasteiger partial charge in [-0.25, -0.2) is 9.97 Å². The van der Waals surface area contributed by atoms with Gasteiger partial charge in [-0.05, 0) is 29.8 Å². The minimum absolute atomic E-state index is 0.259. The van der Waals surface area contributed by atoms with Crippen molar-refractivity contribution >= 4 is 23.2 Å². The van der Waals surface area contributed by atoms with E-state index in [4.69, 9.17) is 16.0 Å². The number of pyridine rings is 1. The molecule has 126 valence electrons. The van der Waals surface area contributed by atoms with Gasteiger partial charge in [-0.3, -0.25) is 4.79 Å². The standard InChI is InChI=1S/C18H15ClN4O2/c19-14-7-12(2-3-13(14)17-9-21-10-25-17)22-18(24)16-4-1-11-8-20-6-5-15(11)23-16/h1-4,7,9-10,20H,5-6,8H2,(H,22,24). The third-order valence-electron chi connectivity index (χ3n) is 4.08. The number of halogens is 1. The Morgan fingerprint density at radius 2 is 2.20 bits per heavy atom. The van der Waals surface area contributed by atoms with Gasteiger partial charge in [-0.15, -0.1) is 0 Å². The van der Waals surface area contributed by atoms with Gasteiger partial charge in [0.05, 0.1) is 11.2 Å². The Morgan fingerprint density at radius 3 is 3.00 bits per heavy atom. The highest BCUT2D eigenvalue weighted by Gasteiger charge is 2.15. The first-order valence-corrected chi connectivity index (χ1v) is 8.28. The predicted octanol–water partition coefficient (Wildman–Crippen LogP) is 3.29. The third kappa shape index (κ3) is 3.26. The van der Waals surface area contributed by atoms with Crippen LogP contribution < -0.4 is 10.6 Å². The SMILES string of the molecule is O=C(Nc1ccc(-c2cnco2)c(Cl)c1)c1ccc2c(n1)CCNC2. The number of carbonyl (C=O) groups excluding carboxylic acids is 1. The van der Waals surface area contributed by atoms with Crippen molar-refractivity contribution in [2.45, 2.75) is 13.0 Å². The molecule has 0 spiro atoms. The average molecular weight is 355 g/mol. The van der Waals surface area contributed by atoms with Crippen molar-refractivity contribution in [1.82, 2.24) is 15.3 Å². The number of amides is 1. The smallest absolute Gasteiger partial charge is 0.274 e. The molecule has 0 unspecified atom stereocenters. The van der Waals surface area contributed by atoms with E-state index < -0.39 is 0 Å². The molecule has 0 aliphatic carbocycles. The first kappa shape index (κ1) is 15.8. The van der Waals surface area contributed by atoms with Crippen LogP contribution in [0.4, 0.5) is 5.69 Å². The van der Waals surface area contributed by atoms with Gasteiger partial charge in [0.25, 0.3) is 5.91 Å². The normalized spacial score (nSPS) is 13.3. The summed E-state index contributed by atoms with van der Waals surface area (Å²) in [7, 11) is 0. The summed E-state index contributed by atoms with van der Waals surface area (Å²) >= 11 is 6.28. The Hall–Kier alpha value is -2.70. The number of carbonyl (C=O) groups is 1. The highest BCUT2D eigenvalue weighted by atomic mass is 35.5. The van der Waals surface area contributed by atoms with Crippen LogP contribution in [0.3, 0.4) is 0 Å². The molecular formula is C18H15ClN4O2. The zero-order valence-electron chi connectivity index (χ0n) is 13.3. The molecule has 0 atom stereocenters. The van der Waals surface area contributed by atoms with Gasteiger partial charge in [0.2, 0.25) is 0 Å². The zero-order valence-corrected chi connectivity index (χ0v) is 14.0. The number of rotatable bonds is 3. The van der Waals surface area contributed by atoms with Crippen molar-refractivity contribution in [2.24, 2.45) is 0 Å². The molecule has 1 aromatic carbocycles. The van der Waals surface area contributed by atoms with E-state index in [0.29, 0.717) is 22.2 Å². The summed E-state index contributed by atoms with van der Waals surface area (Å²) in [6.45, 7) is 1.67. The van der Waals surface area contributed by atoms with Crippen LogP contribution in [0, 0.1) is 0 Å². The molecule has 0 bridgehead atoms. The van der Waals surface area contributed by atoms with Gasteiger partial charge in [0.1, 0.15) is 5.69 Å².